The highest BCUT2D eigenvalue weighted by Crippen LogP contribution is 2.36. The van der Waals surface area contributed by atoms with E-state index in [9.17, 15) is 14.4 Å². The van der Waals surface area contributed by atoms with E-state index in [4.69, 9.17) is 4.74 Å². The summed E-state index contributed by atoms with van der Waals surface area (Å²) in [5.74, 6) is -0.879. The molecule has 134 valence electrons. The van der Waals surface area contributed by atoms with E-state index in [2.05, 4.69) is 5.32 Å². The molecule has 0 unspecified atom stereocenters. The first-order chi connectivity index (χ1) is 12.1. The summed E-state index contributed by atoms with van der Waals surface area (Å²) in [7, 11) is 0. The molecule has 0 radical (unpaired) electrons. The van der Waals surface area contributed by atoms with Gasteiger partial charge in [-0.2, -0.15) is 0 Å². The lowest BCUT2D eigenvalue weighted by Crippen LogP contribution is -2.36. The first-order valence-corrected chi connectivity index (χ1v) is 9.51. The molecule has 0 saturated carbocycles. The van der Waals surface area contributed by atoms with Crippen LogP contribution in [0.5, 0.6) is 0 Å². The first kappa shape index (κ1) is 17.8. The Bertz CT molecular complexity index is 656. The van der Waals surface area contributed by atoms with Gasteiger partial charge in [0.15, 0.2) is 6.61 Å². The molecule has 25 heavy (non-hydrogen) atoms. The Kier molecular flexibility index (Phi) is 5.96. The second-order valence-electron chi connectivity index (χ2n) is 6.25. The number of nitrogens with zero attached hydrogens (tertiary/aromatic N) is 1. The van der Waals surface area contributed by atoms with Crippen molar-refractivity contribution in [3.05, 3.63) is 24.3 Å². The van der Waals surface area contributed by atoms with Gasteiger partial charge in [0.1, 0.15) is 0 Å². The zero-order chi connectivity index (χ0) is 17.6. The summed E-state index contributed by atoms with van der Waals surface area (Å²) < 4.78 is 5.11. The fourth-order valence-corrected chi connectivity index (χ4v) is 4.09. The molecule has 2 aliphatic rings. The lowest BCUT2D eigenvalue weighted by Gasteiger charge is -2.23. The van der Waals surface area contributed by atoms with Crippen LogP contribution in [0.15, 0.2) is 29.2 Å². The normalized spacial score (nSPS) is 20.2. The van der Waals surface area contributed by atoms with E-state index in [-0.39, 0.29) is 24.8 Å². The number of amides is 2. The van der Waals surface area contributed by atoms with Crippen molar-refractivity contribution in [1.29, 1.82) is 0 Å². The van der Waals surface area contributed by atoms with Gasteiger partial charge in [0.25, 0.3) is 5.91 Å². The van der Waals surface area contributed by atoms with Gasteiger partial charge in [-0.15, -0.1) is 11.8 Å². The minimum atomic E-state index is -0.532. The van der Waals surface area contributed by atoms with Crippen LogP contribution in [0.3, 0.4) is 0 Å². The maximum absolute atomic E-state index is 12.1. The van der Waals surface area contributed by atoms with Crippen molar-refractivity contribution in [2.24, 2.45) is 0 Å². The fraction of sp³-hybridized carbons (Fsp3) is 0.500. The molecule has 1 atom stereocenters. The lowest BCUT2D eigenvalue weighted by molar-refractivity contribution is -0.152. The Balaban J connectivity index is 1.48. The average molecular weight is 362 g/mol. The molecule has 1 saturated heterocycles. The molecule has 1 aromatic rings. The average Bonchev–Trinajstić information content (AvgIpc) is 2.90. The first-order valence-electron chi connectivity index (χ1n) is 8.63. The summed E-state index contributed by atoms with van der Waals surface area (Å²) in [6.07, 6.45) is 4.23. The number of hydrogen-bond acceptors (Lipinski definition) is 5. The number of ether oxygens (including phenoxy) is 1. The predicted molar refractivity (Wildman–Crippen MR) is 95.3 cm³/mol. The Hall–Kier alpha value is -2.02. The van der Waals surface area contributed by atoms with Crippen LogP contribution in [0.1, 0.15) is 32.1 Å². The highest BCUT2D eigenvalue weighted by Gasteiger charge is 2.29. The quantitative estimate of drug-likeness (QED) is 0.833. The molecular weight excluding hydrogens is 340 g/mol. The van der Waals surface area contributed by atoms with Crippen LogP contribution in [-0.4, -0.2) is 47.6 Å². The van der Waals surface area contributed by atoms with Crippen molar-refractivity contribution < 1.29 is 19.1 Å². The van der Waals surface area contributed by atoms with Gasteiger partial charge in [-0.25, -0.2) is 0 Å². The minimum Gasteiger partial charge on any atom is -0.456 e. The van der Waals surface area contributed by atoms with Crippen LogP contribution in [-0.2, 0) is 19.1 Å². The van der Waals surface area contributed by atoms with E-state index in [0.717, 1.165) is 49.4 Å². The highest BCUT2D eigenvalue weighted by atomic mass is 32.2. The van der Waals surface area contributed by atoms with E-state index in [1.54, 1.807) is 4.90 Å². The number of fused-ring (bicyclic) bond motifs is 1. The fourth-order valence-electron chi connectivity index (χ4n) is 2.99. The largest absolute Gasteiger partial charge is 0.456 e. The number of nitrogens with one attached hydrogen (secondary N) is 1. The third kappa shape index (κ3) is 4.75. The van der Waals surface area contributed by atoms with Gasteiger partial charge in [0.2, 0.25) is 5.91 Å². The smallest absolute Gasteiger partial charge is 0.307 e. The van der Waals surface area contributed by atoms with Crippen LogP contribution in [0.4, 0.5) is 5.69 Å². The van der Waals surface area contributed by atoms with Gasteiger partial charge in [0.05, 0.1) is 17.4 Å². The zero-order valence-corrected chi connectivity index (χ0v) is 14.8. The molecule has 7 heteroatoms. The molecule has 0 aliphatic carbocycles. The van der Waals surface area contributed by atoms with Gasteiger partial charge >= 0.3 is 5.97 Å². The maximum atomic E-state index is 12.1. The summed E-state index contributed by atoms with van der Waals surface area (Å²) in [5, 5.41) is 2.26. The number of anilines is 1. The van der Waals surface area contributed by atoms with Crippen molar-refractivity contribution in [3.8, 4) is 0 Å². The van der Waals surface area contributed by atoms with Gasteiger partial charge in [0, 0.05) is 18.0 Å². The SMILES string of the molecule is O=C(C[C@H]1Sc2ccccc2NC1=O)OCC(=O)N1CCCCCC1. The number of hydrogen-bond donors (Lipinski definition) is 1. The molecule has 0 bridgehead atoms. The van der Waals surface area contributed by atoms with Crippen molar-refractivity contribution in [2.45, 2.75) is 42.2 Å². The summed E-state index contributed by atoms with van der Waals surface area (Å²) >= 11 is 1.35. The summed E-state index contributed by atoms with van der Waals surface area (Å²) in [6.45, 7) is 1.22. The minimum absolute atomic E-state index is 0.0435. The van der Waals surface area contributed by atoms with Gasteiger partial charge < -0.3 is 15.0 Å². The van der Waals surface area contributed by atoms with Crippen LogP contribution in [0.2, 0.25) is 0 Å². The lowest BCUT2D eigenvalue weighted by atomic mass is 10.2. The highest BCUT2D eigenvalue weighted by molar-refractivity contribution is 8.01. The Morgan fingerprint density at radius 1 is 1.16 bits per heavy atom. The third-order valence-electron chi connectivity index (χ3n) is 4.37. The number of esters is 1. The number of carbonyl (C=O) groups excluding carboxylic acids is 3. The summed E-state index contributed by atoms with van der Waals surface area (Å²) in [6, 6.07) is 7.47. The van der Waals surface area contributed by atoms with Crippen LogP contribution in [0, 0.1) is 0 Å². The Morgan fingerprint density at radius 2 is 1.88 bits per heavy atom. The maximum Gasteiger partial charge on any atom is 0.307 e. The number of carbonyl (C=O) groups is 3. The number of thioether (sulfide) groups is 1. The van der Waals surface area contributed by atoms with Gasteiger partial charge in [-0.3, -0.25) is 14.4 Å². The second kappa shape index (κ2) is 8.38. The van der Waals surface area contributed by atoms with Gasteiger partial charge in [-0.05, 0) is 25.0 Å². The van der Waals surface area contributed by atoms with E-state index < -0.39 is 11.2 Å². The molecule has 0 spiro atoms. The Morgan fingerprint density at radius 3 is 2.64 bits per heavy atom. The molecule has 2 amide bonds. The van der Waals surface area contributed by atoms with E-state index >= 15 is 0 Å². The van der Waals surface area contributed by atoms with Crippen molar-refractivity contribution >= 4 is 35.2 Å². The summed E-state index contributed by atoms with van der Waals surface area (Å²) in [5.41, 5.74) is 0.762. The summed E-state index contributed by atoms with van der Waals surface area (Å²) in [4.78, 5) is 39.0. The van der Waals surface area contributed by atoms with Crippen molar-refractivity contribution in [3.63, 3.8) is 0 Å². The molecule has 1 aromatic carbocycles. The second-order valence-corrected chi connectivity index (χ2v) is 7.50. The topological polar surface area (TPSA) is 75.7 Å². The standard InChI is InChI=1S/C18H22N2O4S/c21-16(20-9-5-1-2-6-10-20)12-24-17(22)11-15-18(23)19-13-7-3-4-8-14(13)25-15/h3-4,7-8,15H,1-2,5-6,9-12H2,(H,19,23)/t15-/m1/s1. The van der Waals surface area contributed by atoms with Gasteiger partial charge in [-0.1, -0.05) is 25.0 Å². The van der Waals surface area contributed by atoms with Crippen molar-refractivity contribution in [1.82, 2.24) is 4.90 Å². The number of para-hydroxylation sites is 1. The Labute approximate surface area is 151 Å². The molecule has 2 heterocycles. The van der Waals surface area contributed by atoms with Crippen LogP contribution >= 0.6 is 11.8 Å². The molecule has 3 rings (SSSR count). The number of rotatable bonds is 4. The third-order valence-corrected chi connectivity index (χ3v) is 5.65. The molecule has 1 N–H and O–H groups in total. The molecule has 0 aromatic heterocycles. The molecule has 6 nitrogen and oxygen atoms in total. The van der Waals surface area contributed by atoms with Crippen LogP contribution in [0.25, 0.3) is 0 Å². The molecule has 2 aliphatic heterocycles. The predicted octanol–water partition coefficient (Wildman–Crippen LogP) is 2.44. The van der Waals surface area contributed by atoms with E-state index in [0.29, 0.717) is 0 Å². The van der Waals surface area contributed by atoms with E-state index in [1.165, 1.54) is 11.8 Å². The molecule has 1 fully saturated rings. The molecular formula is C18H22N2O4S. The van der Waals surface area contributed by atoms with Crippen molar-refractivity contribution in [2.75, 3.05) is 25.0 Å². The number of likely N-dealkylation sites (tertiary alicyclic amines) is 1. The zero-order valence-electron chi connectivity index (χ0n) is 14.0. The van der Waals surface area contributed by atoms with E-state index in [1.807, 2.05) is 24.3 Å². The van der Waals surface area contributed by atoms with Crippen LogP contribution < -0.4 is 5.32 Å². The number of benzene rings is 1. The monoisotopic (exact) mass is 362 g/mol.